The van der Waals surface area contributed by atoms with Crippen molar-refractivity contribution in [1.29, 1.82) is 0 Å². The molecule has 3 N–H and O–H groups in total. The summed E-state index contributed by atoms with van der Waals surface area (Å²) in [4.78, 5) is 11.5. The van der Waals surface area contributed by atoms with Gasteiger partial charge in [0.05, 0.1) is 0 Å². The number of rotatable bonds is 7. The molecule has 19 heavy (non-hydrogen) atoms. The molecule has 0 bridgehead atoms. The molecule has 1 aromatic heterocycles. The molecular weight excluding hydrogens is 336 g/mol. The molecule has 0 aliphatic carbocycles. The summed E-state index contributed by atoms with van der Waals surface area (Å²) in [5, 5.41) is 7.64. The first-order chi connectivity index (χ1) is 8.86. The van der Waals surface area contributed by atoms with E-state index < -0.39 is 15.9 Å². The van der Waals surface area contributed by atoms with Crippen molar-refractivity contribution in [3.63, 3.8) is 0 Å². The van der Waals surface area contributed by atoms with Crippen LogP contribution in [0.2, 0.25) is 0 Å². The van der Waals surface area contributed by atoms with Gasteiger partial charge in [-0.05, 0) is 22.4 Å². The molecular formula is C11H17BrN2O4S. The Bertz CT molecular complexity index is 539. The molecule has 0 radical (unpaired) electrons. The fourth-order valence-electron chi connectivity index (χ4n) is 1.50. The number of nitrogens with two attached hydrogens (primary N) is 1. The molecule has 1 heterocycles. The molecule has 0 fully saturated rings. The maximum absolute atomic E-state index is 11.7. The number of unbranched alkanes of at least 4 members (excludes halogenated alkanes) is 3. The van der Waals surface area contributed by atoms with Gasteiger partial charge in [0.15, 0.2) is 10.4 Å². The number of carbonyl (C=O) groups is 1. The highest BCUT2D eigenvalue weighted by Crippen LogP contribution is 2.24. The van der Waals surface area contributed by atoms with E-state index in [4.69, 9.17) is 9.56 Å². The minimum Gasteiger partial charge on any atom is -0.443 e. The zero-order valence-corrected chi connectivity index (χ0v) is 13.0. The maximum Gasteiger partial charge on any atom is 0.287 e. The fourth-order valence-corrected chi connectivity index (χ4v) is 3.00. The summed E-state index contributed by atoms with van der Waals surface area (Å²) in [5.74, 6) is -0.529. The van der Waals surface area contributed by atoms with E-state index in [2.05, 4.69) is 28.2 Å². The van der Waals surface area contributed by atoms with E-state index in [-0.39, 0.29) is 15.3 Å². The van der Waals surface area contributed by atoms with Crippen molar-refractivity contribution < 1.29 is 17.6 Å². The predicted octanol–water partition coefficient (Wildman–Crippen LogP) is 2.00. The minimum absolute atomic E-state index is 0.0638. The van der Waals surface area contributed by atoms with Gasteiger partial charge in [-0.2, -0.15) is 0 Å². The van der Waals surface area contributed by atoms with Crippen LogP contribution in [0.3, 0.4) is 0 Å². The minimum atomic E-state index is -3.90. The van der Waals surface area contributed by atoms with Gasteiger partial charge in [0.2, 0.25) is 10.0 Å². The van der Waals surface area contributed by atoms with Crippen molar-refractivity contribution in [3.05, 3.63) is 16.5 Å². The topological polar surface area (TPSA) is 102 Å². The van der Waals surface area contributed by atoms with Gasteiger partial charge in [0, 0.05) is 12.6 Å². The number of hydrogen-bond donors (Lipinski definition) is 2. The number of nitrogens with one attached hydrogen (secondary N) is 1. The van der Waals surface area contributed by atoms with Gasteiger partial charge in [-0.1, -0.05) is 26.2 Å². The summed E-state index contributed by atoms with van der Waals surface area (Å²) in [6, 6.07) is 1.11. The van der Waals surface area contributed by atoms with Crippen LogP contribution in [0.15, 0.2) is 20.0 Å². The molecule has 0 saturated carbocycles. The smallest absolute Gasteiger partial charge is 0.287 e. The Morgan fingerprint density at radius 3 is 2.63 bits per heavy atom. The Hall–Kier alpha value is -0.860. The average Bonchev–Trinajstić information content (AvgIpc) is 2.70. The summed E-state index contributed by atoms with van der Waals surface area (Å²) in [6.07, 6.45) is 4.17. The molecule has 0 aliphatic heterocycles. The number of primary sulfonamides is 1. The zero-order chi connectivity index (χ0) is 14.5. The van der Waals surface area contributed by atoms with Crippen molar-refractivity contribution in [1.82, 2.24) is 5.32 Å². The lowest BCUT2D eigenvalue weighted by Gasteiger charge is -2.02. The monoisotopic (exact) mass is 352 g/mol. The molecule has 0 saturated heterocycles. The first kappa shape index (κ1) is 16.2. The summed E-state index contributed by atoms with van der Waals surface area (Å²) in [7, 11) is -3.90. The molecule has 0 aliphatic rings. The van der Waals surface area contributed by atoms with Gasteiger partial charge < -0.3 is 9.73 Å². The van der Waals surface area contributed by atoms with Crippen LogP contribution in [0, 0.1) is 0 Å². The van der Waals surface area contributed by atoms with Crippen molar-refractivity contribution in [3.8, 4) is 0 Å². The van der Waals surface area contributed by atoms with Crippen LogP contribution in [0.4, 0.5) is 0 Å². The van der Waals surface area contributed by atoms with Gasteiger partial charge in [-0.3, -0.25) is 4.79 Å². The quantitative estimate of drug-likeness (QED) is 0.732. The molecule has 1 rings (SSSR count). The molecule has 1 aromatic rings. The SMILES string of the molecule is CCCCCCNC(=O)c1cc(S(N)(=O)=O)c(Br)o1. The summed E-state index contributed by atoms with van der Waals surface area (Å²) >= 11 is 2.92. The summed E-state index contributed by atoms with van der Waals surface area (Å²) in [6.45, 7) is 2.63. The molecule has 8 heteroatoms. The van der Waals surface area contributed by atoms with Crippen LogP contribution in [0.5, 0.6) is 0 Å². The first-order valence-corrected chi connectivity index (χ1v) is 8.30. The maximum atomic E-state index is 11.7. The second-order valence-corrected chi connectivity index (χ2v) is 6.36. The van der Waals surface area contributed by atoms with Gasteiger partial charge in [-0.15, -0.1) is 0 Å². The van der Waals surface area contributed by atoms with Gasteiger partial charge >= 0.3 is 0 Å². The van der Waals surface area contributed by atoms with Crippen molar-refractivity contribution in [2.75, 3.05) is 6.54 Å². The van der Waals surface area contributed by atoms with E-state index in [1.807, 2.05) is 0 Å². The van der Waals surface area contributed by atoms with Crippen molar-refractivity contribution in [2.45, 2.75) is 37.5 Å². The Morgan fingerprint density at radius 1 is 1.42 bits per heavy atom. The van der Waals surface area contributed by atoms with E-state index in [1.54, 1.807) is 0 Å². The normalized spacial score (nSPS) is 11.5. The van der Waals surface area contributed by atoms with E-state index in [0.717, 1.165) is 31.7 Å². The highest BCUT2D eigenvalue weighted by atomic mass is 79.9. The van der Waals surface area contributed by atoms with Gasteiger partial charge in [0.1, 0.15) is 4.90 Å². The van der Waals surface area contributed by atoms with Crippen LogP contribution >= 0.6 is 15.9 Å². The molecule has 0 aromatic carbocycles. The fraction of sp³-hybridized carbons (Fsp3) is 0.545. The molecule has 6 nitrogen and oxygen atoms in total. The summed E-state index contributed by atoms with van der Waals surface area (Å²) < 4.78 is 27.3. The van der Waals surface area contributed by atoms with E-state index in [0.29, 0.717) is 6.54 Å². The largest absolute Gasteiger partial charge is 0.443 e. The number of halogens is 1. The molecule has 0 spiro atoms. The third-order valence-electron chi connectivity index (χ3n) is 2.50. The van der Waals surface area contributed by atoms with Crippen LogP contribution in [0.25, 0.3) is 0 Å². The van der Waals surface area contributed by atoms with Crippen molar-refractivity contribution in [2.24, 2.45) is 5.14 Å². The highest BCUT2D eigenvalue weighted by Gasteiger charge is 2.21. The first-order valence-electron chi connectivity index (χ1n) is 5.96. The van der Waals surface area contributed by atoms with Crippen LogP contribution in [-0.4, -0.2) is 20.9 Å². The molecule has 108 valence electrons. The number of carbonyl (C=O) groups excluding carboxylic acids is 1. The Balaban J connectivity index is 2.59. The molecule has 1 amide bonds. The highest BCUT2D eigenvalue weighted by molar-refractivity contribution is 9.10. The van der Waals surface area contributed by atoms with E-state index >= 15 is 0 Å². The number of hydrogen-bond acceptors (Lipinski definition) is 4. The third-order valence-corrected chi connectivity index (χ3v) is 4.27. The Labute approximate surface area is 120 Å². The third kappa shape index (κ3) is 4.96. The van der Waals surface area contributed by atoms with E-state index in [1.165, 1.54) is 0 Å². The van der Waals surface area contributed by atoms with Crippen molar-refractivity contribution >= 4 is 31.9 Å². The second-order valence-electron chi connectivity index (χ2n) is 4.11. The van der Waals surface area contributed by atoms with Crippen LogP contribution in [0.1, 0.15) is 43.2 Å². The Morgan fingerprint density at radius 2 is 2.11 bits per heavy atom. The summed E-state index contributed by atoms with van der Waals surface area (Å²) in [5.41, 5.74) is 0. The van der Waals surface area contributed by atoms with Gasteiger partial charge in [-0.25, -0.2) is 13.6 Å². The lowest BCUT2D eigenvalue weighted by molar-refractivity contribution is 0.0924. The predicted molar refractivity (Wildman–Crippen MR) is 74.3 cm³/mol. The number of furan rings is 1. The average molecular weight is 353 g/mol. The van der Waals surface area contributed by atoms with Crippen LogP contribution in [-0.2, 0) is 10.0 Å². The van der Waals surface area contributed by atoms with Crippen LogP contribution < -0.4 is 10.5 Å². The second kappa shape index (κ2) is 7.06. The Kier molecular flexibility index (Phi) is 6.02. The molecule has 0 unspecified atom stereocenters. The lowest BCUT2D eigenvalue weighted by atomic mass is 10.2. The standard InChI is InChI=1S/C11H17BrN2O4S/c1-2-3-4-5-6-14-11(15)8-7-9(10(12)18-8)19(13,16)17/h7H,2-6H2,1H3,(H,14,15)(H2,13,16,17). The number of amides is 1. The van der Waals surface area contributed by atoms with E-state index in [9.17, 15) is 13.2 Å². The zero-order valence-electron chi connectivity index (χ0n) is 10.6. The lowest BCUT2D eigenvalue weighted by Crippen LogP contribution is -2.24. The number of sulfonamides is 1. The van der Waals surface area contributed by atoms with Gasteiger partial charge in [0.25, 0.3) is 5.91 Å². The molecule has 0 atom stereocenters.